The van der Waals surface area contributed by atoms with E-state index in [1.54, 1.807) is 17.9 Å². The molecule has 30 heavy (non-hydrogen) atoms. The average Bonchev–Trinajstić information content (AvgIpc) is 3.40. The Kier molecular flexibility index (Phi) is 5.02. The van der Waals surface area contributed by atoms with E-state index < -0.39 is 0 Å². The zero-order valence-electron chi connectivity index (χ0n) is 16.9. The number of thioether (sulfide) groups is 1. The fourth-order valence-corrected chi connectivity index (χ4v) is 5.33. The van der Waals surface area contributed by atoms with Crippen molar-refractivity contribution in [3.63, 3.8) is 0 Å². The van der Waals surface area contributed by atoms with E-state index in [-0.39, 0.29) is 17.5 Å². The largest absolute Gasteiger partial charge is 0.497 e. The number of methoxy groups -OCH3 is 1. The zero-order chi connectivity index (χ0) is 20.7. The monoisotopic (exact) mass is 424 g/mol. The second-order valence-corrected chi connectivity index (χ2v) is 8.98. The average molecular weight is 425 g/mol. The molecule has 8 heteroatoms. The van der Waals surface area contributed by atoms with E-state index in [0.717, 1.165) is 58.7 Å². The van der Waals surface area contributed by atoms with Gasteiger partial charge in [0, 0.05) is 41.8 Å². The molecule has 1 N–H and O–H groups in total. The summed E-state index contributed by atoms with van der Waals surface area (Å²) < 4.78 is 6.83. The number of hydrogen-bond donors (Lipinski definition) is 1. The van der Waals surface area contributed by atoms with Gasteiger partial charge in [0.25, 0.3) is 11.5 Å². The van der Waals surface area contributed by atoms with Gasteiger partial charge in [0.2, 0.25) is 0 Å². The Morgan fingerprint density at radius 1 is 1.33 bits per heavy atom. The minimum atomic E-state index is -0.0757. The number of benzene rings is 1. The van der Waals surface area contributed by atoms with Crippen LogP contribution in [0.2, 0.25) is 0 Å². The van der Waals surface area contributed by atoms with E-state index in [4.69, 9.17) is 4.74 Å². The van der Waals surface area contributed by atoms with Crippen molar-refractivity contribution < 1.29 is 9.53 Å². The summed E-state index contributed by atoms with van der Waals surface area (Å²) in [6, 6.07) is 9.30. The van der Waals surface area contributed by atoms with Gasteiger partial charge >= 0.3 is 0 Å². The van der Waals surface area contributed by atoms with Crippen LogP contribution in [0.5, 0.6) is 5.75 Å². The number of H-pyrrole nitrogens is 1. The van der Waals surface area contributed by atoms with Gasteiger partial charge in [-0.25, -0.2) is 4.68 Å². The molecule has 1 saturated heterocycles. The third kappa shape index (κ3) is 3.49. The van der Waals surface area contributed by atoms with Gasteiger partial charge in [-0.15, -0.1) is 0 Å². The summed E-state index contributed by atoms with van der Waals surface area (Å²) in [6.45, 7) is 1.14. The van der Waals surface area contributed by atoms with Gasteiger partial charge in [-0.05, 0) is 42.4 Å². The standard InChI is InChI=1S/C22H24N4O3S/c1-29-17-5-4-14-9-20(23-19(14)11-17)22(28)25-7-2-3-16(25)12-26-21(27)10-15-13-30-8-6-18(15)24-26/h4-5,9-11,16,23H,2-3,6-8,12-13H2,1H3. The molecule has 7 nitrogen and oxygen atoms in total. The highest BCUT2D eigenvalue weighted by molar-refractivity contribution is 7.98. The highest BCUT2D eigenvalue weighted by Gasteiger charge is 2.31. The highest BCUT2D eigenvalue weighted by atomic mass is 32.2. The molecule has 4 heterocycles. The van der Waals surface area contributed by atoms with Crippen molar-refractivity contribution in [3.05, 3.63) is 57.6 Å². The van der Waals surface area contributed by atoms with Crippen LogP contribution in [0.25, 0.3) is 10.9 Å². The maximum atomic E-state index is 13.2. The molecule has 0 saturated carbocycles. The number of carbonyl (C=O) groups excluding carboxylic acids is 1. The van der Waals surface area contributed by atoms with Gasteiger partial charge in [0.15, 0.2) is 0 Å². The number of aromatic nitrogens is 3. The summed E-state index contributed by atoms with van der Waals surface area (Å²) in [7, 11) is 1.63. The van der Waals surface area contributed by atoms with Crippen molar-refractivity contribution >= 4 is 28.6 Å². The van der Waals surface area contributed by atoms with Crippen LogP contribution in [-0.2, 0) is 18.7 Å². The Hall–Kier alpha value is -2.74. The first-order valence-electron chi connectivity index (χ1n) is 10.3. The fraction of sp³-hybridized carbons (Fsp3) is 0.409. The number of rotatable bonds is 4. The molecule has 2 aromatic heterocycles. The molecule has 2 aliphatic heterocycles. The number of ether oxygens (including phenoxy) is 1. The van der Waals surface area contributed by atoms with Crippen molar-refractivity contribution in [2.75, 3.05) is 19.4 Å². The van der Waals surface area contributed by atoms with Crippen LogP contribution in [0.3, 0.4) is 0 Å². The smallest absolute Gasteiger partial charge is 0.270 e. The molecule has 5 rings (SSSR count). The maximum absolute atomic E-state index is 13.2. The Labute approximate surface area is 178 Å². The number of aromatic amines is 1. The van der Waals surface area contributed by atoms with E-state index in [9.17, 15) is 9.59 Å². The van der Waals surface area contributed by atoms with E-state index in [1.807, 2.05) is 40.9 Å². The van der Waals surface area contributed by atoms with Crippen molar-refractivity contribution in [1.82, 2.24) is 19.7 Å². The molecule has 1 unspecified atom stereocenters. The molecular formula is C22H24N4O3S. The Balaban J connectivity index is 1.39. The lowest BCUT2D eigenvalue weighted by molar-refractivity contribution is 0.0715. The van der Waals surface area contributed by atoms with Gasteiger partial charge < -0.3 is 14.6 Å². The zero-order valence-corrected chi connectivity index (χ0v) is 17.7. The third-order valence-corrected chi connectivity index (χ3v) is 6.99. The lowest BCUT2D eigenvalue weighted by atomic mass is 10.2. The summed E-state index contributed by atoms with van der Waals surface area (Å²) in [4.78, 5) is 30.9. The van der Waals surface area contributed by atoms with Crippen molar-refractivity contribution in [1.29, 1.82) is 0 Å². The normalized spacial score (nSPS) is 18.6. The molecule has 3 aromatic rings. The first-order valence-corrected chi connectivity index (χ1v) is 11.4. The number of amides is 1. The molecule has 2 aliphatic rings. The Morgan fingerprint density at radius 2 is 2.23 bits per heavy atom. The van der Waals surface area contributed by atoms with Crippen LogP contribution >= 0.6 is 11.8 Å². The summed E-state index contributed by atoms with van der Waals surface area (Å²) in [5, 5.41) is 5.60. The first-order chi connectivity index (χ1) is 14.6. The number of aryl methyl sites for hydroxylation is 1. The van der Waals surface area contributed by atoms with Crippen LogP contribution in [0.4, 0.5) is 0 Å². The second-order valence-electron chi connectivity index (χ2n) is 7.87. The van der Waals surface area contributed by atoms with Gasteiger partial charge in [-0.2, -0.15) is 16.9 Å². The van der Waals surface area contributed by atoms with Crippen molar-refractivity contribution in [2.45, 2.75) is 37.6 Å². The molecule has 1 fully saturated rings. The molecular weight excluding hydrogens is 400 g/mol. The molecule has 0 radical (unpaired) electrons. The van der Waals surface area contributed by atoms with Gasteiger partial charge in [-0.3, -0.25) is 9.59 Å². The molecule has 156 valence electrons. The van der Waals surface area contributed by atoms with Gasteiger partial charge in [0.05, 0.1) is 25.4 Å². The quantitative estimate of drug-likeness (QED) is 0.697. The topological polar surface area (TPSA) is 80.2 Å². The van der Waals surface area contributed by atoms with Crippen LogP contribution in [0.15, 0.2) is 35.1 Å². The molecule has 0 aliphatic carbocycles. The number of hydrogen-bond acceptors (Lipinski definition) is 5. The SMILES string of the molecule is COc1ccc2cc(C(=O)N3CCCC3Cn3nc4c(cc3=O)CSCC4)[nH]c2c1. The van der Waals surface area contributed by atoms with Crippen LogP contribution in [0, 0.1) is 0 Å². The lowest BCUT2D eigenvalue weighted by Crippen LogP contribution is -2.41. The molecule has 0 bridgehead atoms. The van der Waals surface area contributed by atoms with Crippen molar-refractivity contribution in [3.8, 4) is 5.75 Å². The number of fused-ring (bicyclic) bond motifs is 2. The lowest BCUT2D eigenvalue weighted by Gasteiger charge is -2.25. The Morgan fingerprint density at radius 3 is 3.10 bits per heavy atom. The number of likely N-dealkylation sites (tertiary alicyclic amines) is 1. The summed E-state index contributed by atoms with van der Waals surface area (Å²) >= 11 is 1.84. The first kappa shape index (κ1) is 19.2. The van der Waals surface area contributed by atoms with Gasteiger partial charge in [0.1, 0.15) is 11.4 Å². The molecule has 0 spiro atoms. The molecule has 1 aromatic carbocycles. The van der Waals surface area contributed by atoms with E-state index in [2.05, 4.69) is 10.1 Å². The Bertz CT molecular complexity index is 1170. The van der Waals surface area contributed by atoms with Crippen LogP contribution < -0.4 is 10.3 Å². The summed E-state index contributed by atoms with van der Waals surface area (Å²) in [5.74, 6) is 2.61. The maximum Gasteiger partial charge on any atom is 0.270 e. The molecule has 1 atom stereocenters. The molecule has 1 amide bonds. The summed E-state index contributed by atoms with van der Waals surface area (Å²) in [5.41, 5.74) is 3.44. The second kappa shape index (κ2) is 7.83. The predicted octanol–water partition coefficient (Wildman–Crippen LogP) is 2.83. The fourth-order valence-electron chi connectivity index (χ4n) is 4.38. The van der Waals surface area contributed by atoms with Gasteiger partial charge in [-0.1, -0.05) is 0 Å². The highest BCUT2D eigenvalue weighted by Crippen LogP contribution is 2.26. The number of carbonyl (C=O) groups is 1. The van der Waals surface area contributed by atoms with Crippen molar-refractivity contribution in [2.24, 2.45) is 0 Å². The predicted molar refractivity (Wildman–Crippen MR) is 117 cm³/mol. The third-order valence-electron chi connectivity index (χ3n) is 5.99. The van der Waals surface area contributed by atoms with Crippen LogP contribution in [0.1, 0.15) is 34.6 Å². The van der Waals surface area contributed by atoms with E-state index >= 15 is 0 Å². The number of nitrogens with zero attached hydrogens (tertiary/aromatic N) is 3. The van der Waals surface area contributed by atoms with Crippen LogP contribution in [-0.4, -0.2) is 51.0 Å². The van der Waals surface area contributed by atoms with E-state index in [0.29, 0.717) is 18.8 Å². The minimum absolute atomic E-state index is 0.0281. The number of nitrogens with one attached hydrogen (secondary N) is 1. The summed E-state index contributed by atoms with van der Waals surface area (Å²) in [6.07, 6.45) is 2.70. The van der Waals surface area contributed by atoms with E-state index in [1.165, 1.54) is 0 Å². The minimum Gasteiger partial charge on any atom is -0.497 e.